The van der Waals surface area contributed by atoms with Crippen molar-refractivity contribution in [3.05, 3.63) is 59.9 Å². The summed E-state index contributed by atoms with van der Waals surface area (Å²) < 4.78 is 5.32. The van der Waals surface area contributed by atoms with Gasteiger partial charge in [0.15, 0.2) is 0 Å². The number of carbonyl (C=O) groups is 1. The zero-order valence-corrected chi connectivity index (χ0v) is 16.5. The number of hydrogen-bond acceptors (Lipinski definition) is 7. The number of H-pyrrole nitrogens is 1. The highest BCUT2D eigenvalue weighted by molar-refractivity contribution is 5.72. The van der Waals surface area contributed by atoms with Crippen molar-refractivity contribution in [2.75, 3.05) is 26.1 Å². The molecule has 0 saturated heterocycles. The fourth-order valence-electron chi connectivity index (χ4n) is 2.75. The molecule has 1 unspecified atom stereocenters. The summed E-state index contributed by atoms with van der Waals surface area (Å²) in [6, 6.07) is 10.3. The zero-order chi connectivity index (χ0) is 20.8. The van der Waals surface area contributed by atoms with Gasteiger partial charge in [-0.3, -0.25) is 5.43 Å². The van der Waals surface area contributed by atoms with Crippen molar-refractivity contribution in [3.8, 4) is 17.1 Å². The number of carbonyl (C=O) groups excluding carboxylic acids is 1. The number of rotatable bonds is 7. The van der Waals surface area contributed by atoms with Gasteiger partial charge in [0, 0.05) is 38.1 Å². The first kappa shape index (κ1) is 20.3. The van der Waals surface area contributed by atoms with Crippen molar-refractivity contribution >= 4 is 12.0 Å². The molecule has 0 saturated carbocycles. The molecule has 0 aliphatic carbocycles. The van der Waals surface area contributed by atoms with Crippen LogP contribution in [0.4, 0.5) is 10.7 Å². The number of aliphatic hydroxyl groups is 1. The van der Waals surface area contributed by atoms with Crippen LogP contribution in [0.2, 0.25) is 0 Å². The fraction of sp³-hybridized carbons (Fsp3) is 0.250. The number of ether oxygens (including phenoxy) is 1. The van der Waals surface area contributed by atoms with E-state index in [4.69, 9.17) is 4.74 Å². The number of hydrogen-bond donors (Lipinski definition) is 4. The molecule has 0 fully saturated rings. The second-order valence-electron chi connectivity index (χ2n) is 6.66. The van der Waals surface area contributed by atoms with Gasteiger partial charge in [-0.1, -0.05) is 30.3 Å². The number of nitrogens with one attached hydrogen (secondary N) is 3. The largest absolute Gasteiger partial charge is 0.414 e. The van der Waals surface area contributed by atoms with Crippen LogP contribution < -0.4 is 15.5 Å². The molecule has 0 spiro atoms. The van der Waals surface area contributed by atoms with E-state index < -0.39 is 12.1 Å². The Morgan fingerprint density at radius 3 is 2.76 bits per heavy atom. The third kappa shape index (κ3) is 5.31. The number of anilines is 1. The van der Waals surface area contributed by atoms with Crippen LogP contribution >= 0.6 is 0 Å². The van der Waals surface area contributed by atoms with Gasteiger partial charge in [-0.25, -0.2) is 19.8 Å². The Balaban J connectivity index is 1.69. The Bertz CT molecular complexity index is 958. The van der Waals surface area contributed by atoms with E-state index in [-0.39, 0.29) is 12.5 Å². The standard InChI is InChI=1S/C20H24N6O3/c1-13-10-22-19(25-26(2)3)24-18(13)15-9-17(21-11-15)29-20(28)23-16(12-27)14-7-5-4-6-8-14/h4-11,16,21,27H,12H2,1-3H3,(H,23,28)(H,22,24,25). The van der Waals surface area contributed by atoms with Crippen LogP contribution in [0.25, 0.3) is 11.3 Å². The monoisotopic (exact) mass is 396 g/mol. The normalized spacial score (nSPS) is 11.9. The molecule has 0 bridgehead atoms. The van der Waals surface area contributed by atoms with E-state index in [1.807, 2.05) is 51.4 Å². The number of aromatic amines is 1. The smallest absolute Gasteiger partial charge is 0.394 e. The highest BCUT2D eigenvalue weighted by Gasteiger charge is 2.16. The summed E-state index contributed by atoms with van der Waals surface area (Å²) in [6.45, 7) is 1.66. The average Bonchev–Trinajstić information content (AvgIpc) is 3.16. The lowest BCUT2D eigenvalue weighted by Gasteiger charge is -2.15. The molecule has 4 N–H and O–H groups in total. The highest BCUT2D eigenvalue weighted by Crippen LogP contribution is 2.25. The summed E-state index contributed by atoms with van der Waals surface area (Å²) in [5.74, 6) is 0.730. The molecule has 152 valence electrons. The predicted octanol–water partition coefficient (Wildman–Crippen LogP) is 2.49. The van der Waals surface area contributed by atoms with E-state index >= 15 is 0 Å². The average molecular weight is 396 g/mol. The van der Waals surface area contributed by atoms with Crippen molar-refractivity contribution in [2.24, 2.45) is 0 Å². The quantitative estimate of drug-likeness (QED) is 0.454. The van der Waals surface area contributed by atoms with Crippen molar-refractivity contribution in [1.82, 2.24) is 25.3 Å². The van der Waals surface area contributed by atoms with Crippen LogP contribution in [-0.2, 0) is 0 Å². The highest BCUT2D eigenvalue weighted by atomic mass is 16.6. The van der Waals surface area contributed by atoms with Gasteiger partial charge in [0.2, 0.25) is 11.8 Å². The summed E-state index contributed by atoms with van der Waals surface area (Å²) in [5.41, 5.74) is 6.15. The second-order valence-corrected chi connectivity index (χ2v) is 6.66. The first-order valence-electron chi connectivity index (χ1n) is 9.07. The molecule has 2 heterocycles. The minimum atomic E-state index is -0.671. The van der Waals surface area contributed by atoms with E-state index in [9.17, 15) is 9.90 Å². The summed E-state index contributed by atoms with van der Waals surface area (Å²) in [7, 11) is 3.69. The van der Waals surface area contributed by atoms with Crippen molar-refractivity contribution < 1.29 is 14.6 Å². The van der Waals surface area contributed by atoms with Crippen molar-refractivity contribution in [1.29, 1.82) is 0 Å². The van der Waals surface area contributed by atoms with Gasteiger partial charge >= 0.3 is 6.09 Å². The Hall–Kier alpha value is -3.43. The first-order chi connectivity index (χ1) is 14.0. The summed E-state index contributed by atoms with van der Waals surface area (Å²) in [6.07, 6.45) is 2.76. The Morgan fingerprint density at radius 2 is 2.07 bits per heavy atom. The summed E-state index contributed by atoms with van der Waals surface area (Å²) in [5, 5.41) is 14.0. The number of benzene rings is 1. The molecular weight excluding hydrogens is 372 g/mol. The van der Waals surface area contributed by atoms with Gasteiger partial charge in [0.25, 0.3) is 0 Å². The van der Waals surface area contributed by atoms with E-state index in [2.05, 4.69) is 25.7 Å². The van der Waals surface area contributed by atoms with Crippen molar-refractivity contribution in [3.63, 3.8) is 0 Å². The number of aryl methyl sites for hydroxylation is 1. The molecule has 9 heteroatoms. The van der Waals surface area contributed by atoms with E-state index in [0.29, 0.717) is 11.6 Å². The Morgan fingerprint density at radius 1 is 1.31 bits per heavy atom. The molecule has 9 nitrogen and oxygen atoms in total. The third-order valence-corrected chi connectivity index (χ3v) is 4.10. The topological polar surface area (TPSA) is 115 Å². The summed E-state index contributed by atoms with van der Waals surface area (Å²) >= 11 is 0. The van der Waals surface area contributed by atoms with Gasteiger partial charge in [0.1, 0.15) is 0 Å². The van der Waals surface area contributed by atoms with Gasteiger partial charge < -0.3 is 20.1 Å². The van der Waals surface area contributed by atoms with Crippen LogP contribution in [0.5, 0.6) is 5.88 Å². The number of hydrazine groups is 1. The van der Waals surface area contributed by atoms with Crippen LogP contribution in [0.15, 0.2) is 48.8 Å². The van der Waals surface area contributed by atoms with Gasteiger partial charge in [-0.15, -0.1) is 0 Å². The lowest BCUT2D eigenvalue weighted by Crippen LogP contribution is -2.33. The Labute approximate surface area is 168 Å². The maximum atomic E-state index is 12.2. The molecular formula is C20H24N6O3. The van der Waals surface area contributed by atoms with Crippen LogP contribution in [0, 0.1) is 6.92 Å². The van der Waals surface area contributed by atoms with E-state index in [1.54, 1.807) is 23.5 Å². The predicted molar refractivity (Wildman–Crippen MR) is 109 cm³/mol. The Kier molecular flexibility index (Phi) is 6.43. The first-order valence-corrected chi connectivity index (χ1v) is 9.07. The molecule has 29 heavy (non-hydrogen) atoms. The summed E-state index contributed by atoms with van der Waals surface area (Å²) in [4.78, 5) is 23.9. The minimum absolute atomic E-state index is 0.239. The van der Waals surface area contributed by atoms with Crippen molar-refractivity contribution in [2.45, 2.75) is 13.0 Å². The maximum absolute atomic E-state index is 12.2. The van der Waals surface area contributed by atoms with Crippen LogP contribution in [0.1, 0.15) is 17.2 Å². The second kappa shape index (κ2) is 9.18. The molecule has 0 aliphatic rings. The van der Waals surface area contributed by atoms with Gasteiger partial charge in [-0.2, -0.15) is 0 Å². The van der Waals surface area contributed by atoms with Gasteiger partial charge in [-0.05, 0) is 18.1 Å². The minimum Gasteiger partial charge on any atom is -0.394 e. The fourth-order valence-corrected chi connectivity index (χ4v) is 2.75. The van der Waals surface area contributed by atoms with Gasteiger partial charge in [0.05, 0.1) is 18.3 Å². The molecule has 0 radical (unpaired) electrons. The lowest BCUT2D eigenvalue weighted by molar-refractivity contribution is 0.182. The molecule has 2 aromatic heterocycles. The number of aliphatic hydroxyl groups excluding tert-OH is 1. The van der Waals surface area contributed by atoms with E-state index in [0.717, 1.165) is 16.7 Å². The van der Waals surface area contributed by atoms with Crippen LogP contribution in [0.3, 0.4) is 0 Å². The molecule has 0 aliphatic heterocycles. The zero-order valence-electron chi connectivity index (χ0n) is 16.5. The lowest BCUT2D eigenvalue weighted by atomic mass is 10.1. The molecule has 1 amide bonds. The number of nitrogens with zero attached hydrogens (tertiary/aromatic N) is 3. The van der Waals surface area contributed by atoms with Crippen LogP contribution in [-0.4, -0.2) is 51.9 Å². The van der Waals surface area contributed by atoms with E-state index in [1.165, 1.54) is 0 Å². The third-order valence-electron chi connectivity index (χ3n) is 4.10. The molecule has 1 aromatic carbocycles. The molecule has 3 aromatic rings. The number of amides is 1. The molecule has 3 rings (SSSR count). The SMILES string of the molecule is Cc1cnc(NN(C)C)nc1-c1c[nH]c(OC(=O)NC(CO)c2ccccc2)c1. The molecule has 1 atom stereocenters. The maximum Gasteiger partial charge on any atom is 0.414 e. The number of aromatic nitrogens is 3.